The SMILES string of the molecule is CSc1ncnc(Cl)c1C(=O)O. The number of rotatable bonds is 2. The first-order chi connectivity index (χ1) is 5.66. The Morgan fingerprint density at radius 2 is 2.33 bits per heavy atom. The monoisotopic (exact) mass is 204 g/mol. The van der Waals surface area contributed by atoms with Crippen LogP contribution < -0.4 is 0 Å². The summed E-state index contributed by atoms with van der Waals surface area (Å²) in [7, 11) is 0. The van der Waals surface area contributed by atoms with Gasteiger partial charge < -0.3 is 5.11 Å². The smallest absolute Gasteiger partial charge is 0.341 e. The molecule has 1 aromatic rings. The van der Waals surface area contributed by atoms with Crippen LogP contribution in [0.4, 0.5) is 0 Å². The second kappa shape index (κ2) is 3.73. The van der Waals surface area contributed by atoms with E-state index in [1.165, 1.54) is 18.1 Å². The topological polar surface area (TPSA) is 63.1 Å². The molecule has 0 amide bonds. The van der Waals surface area contributed by atoms with Gasteiger partial charge >= 0.3 is 5.97 Å². The first kappa shape index (κ1) is 9.28. The van der Waals surface area contributed by atoms with Gasteiger partial charge in [0.25, 0.3) is 0 Å². The first-order valence-electron chi connectivity index (χ1n) is 2.94. The van der Waals surface area contributed by atoms with Crippen LogP contribution in [0, 0.1) is 0 Å². The van der Waals surface area contributed by atoms with Crippen LogP contribution in [0.15, 0.2) is 11.4 Å². The summed E-state index contributed by atoms with van der Waals surface area (Å²) in [5.74, 6) is -1.11. The van der Waals surface area contributed by atoms with Crippen LogP contribution in [-0.4, -0.2) is 27.3 Å². The van der Waals surface area contributed by atoms with E-state index in [2.05, 4.69) is 9.97 Å². The molecule has 0 aliphatic carbocycles. The molecule has 0 unspecified atom stereocenters. The summed E-state index contributed by atoms with van der Waals surface area (Å²) in [5, 5.41) is 9.05. The predicted octanol–water partition coefficient (Wildman–Crippen LogP) is 1.55. The van der Waals surface area contributed by atoms with E-state index in [0.29, 0.717) is 5.03 Å². The third-order valence-electron chi connectivity index (χ3n) is 1.17. The molecule has 0 spiro atoms. The molecule has 0 saturated heterocycles. The summed E-state index contributed by atoms with van der Waals surface area (Å²) in [4.78, 5) is 18.0. The fourth-order valence-electron chi connectivity index (χ4n) is 0.684. The number of halogens is 1. The van der Waals surface area contributed by atoms with Crippen LogP contribution in [0.25, 0.3) is 0 Å². The highest BCUT2D eigenvalue weighted by Crippen LogP contribution is 2.22. The van der Waals surface area contributed by atoms with Crippen molar-refractivity contribution in [3.8, 4) is 0 Å². The lowest BCUT2D eigenvalue weighted by Crippen LogP contribution is -2.03. The third-order valence-corrected chi connectivity index (χ3v) is 2.16. The zero-order chi connectivity index (χ0) is 9.14. The van der Waals surface area contributed by atoms with Gasteiger partial charge in [0.1, 0.15) is 22.1 Å². The van der Waals surface area contributed by atoms with Gasteiger partial charge in [-0.25, -0.2) is 14.8 Å². The molecule has 0 bridgehead atoms. The third kappa shape index (κ3) is 1.67. The van der Waals surface area contributed by atoms with Gasteiger partial charge in [0.05, 0.1) is 0 Å². The lowest BCUT2D eigenvalue weighted by atomic mass is 10.3. The molecule has 0 aliphatic heterocycles. The van der Waals surface area contributed by atoms with Gasteiger partial charge in [-0.3, -0.25) is 0 Å². The Bertz CT molecular complexity index is 318. The molecule has 6 heteroatoms. The van der Waals surface area contributed by atoms with Crippen molar-refractivity contribution in [1.29, 1.82) is 0 Å². The minimum Gasteiger partial charge on any atom is -0.477 e. The van der Waals surface area contributed by atoms with E-state index in [1.807, 2.05) is 0 Å². The standard InChI is InChI=1S/C6H5ClN2O2S/c1-12-5-3(6(10)11)4(7)8-2-9-5/h2H,1H3,(H,10,11). The van der Waals surface area contributed by atoms with Crippen molar-refractivity contribution in [2.45, 2.75) is 5.03 Å². The number of carbonyl (C=O) groups is 1. The van der Waals surface area contributed by atoms with E-state index in [1.54, 1.807) is 6.26 Å². The van der Waals surface area contributed by atoms with Crippen molar-refractivity contribution in [3.05, 3.63) is 17.0 Å². The Balaban J connectivity index is 3.29. The Morgan fingerprint density at radius 1 is 1.67 bits per heavy atom. The summed E-state index contributed by atoms with van der Waals surface area (Å²) in [6, 6.07) is 0. The molecular formula is C6H5ClN2O2S. The van der Waals surface area contributed by atoms with Crippen molar-refractivity contribution < 1.29 is 9.90 Å². The van der Waals surface area contributed by atoms with Crippen molar-refractivity contribution in [2.75, 3.05) is 6.26 Å². The summed E-state index contributed by atoms with van der Waals surface area (Å²) in [5.41, 5.74) is -0.0355. The van der Waals surface area contributed by atoms with Crippen LogP contribution in [0.1, 0.15) is 10.4 Å². The molecule has 4 nitrogen and oxygen atoms in total. The molecule has 1 rings (SSSR count). The van der Waals surface area contributed by atoms with Gasteiger partial charge in [0, 0.05) is 0 Å². The van der Waals surface area contributed by atoms with Crippen molar-refractivity contribution in [2.24, 2.45) is 0 Å². The van der Waals surface area contributed by atoms with Crippen molar-refractivity contribution >= 4 is 29.3 Å². The van der Waals surface area contributed by atoms with E-state index in [-0.39, 0.29) is 10.7 Å². The Kier molecular flexibility index (Phi) is 2.88. The Morgan fingerprint density at radius 3 is 2.75 bits per heavy atom. The van der Waals surface area contributed by atoms with Crippen LogP contribution in [0.5, 0.6) is 0 Å². The van der Waals surface area contributed by atoms with Gasteiger partial charge in [-0.1, -0.05) is 11.6 Å². The number of hydrogen-bond donors (Lipinski definition) is 1. The summed E-state index contributed by atoms with van der Waals surface area (Å²) in [6.07, 6.45) is 2.96. The van der Waals surface area contributed by atoms with Crippen molar-refractivity contribution in [1.82, 2.24) is 9.97 Å². The number of carboxylic acids is 1. The molecule has 1 aromatic heterocycles. The molecule has 0 radical (unpaired) electrons. The Hall–Kier alpha value is -0.810. The minimum absolute atomic E-state index is 0.0261. The molecule has 0 atom stereocenters. The zero-order valence-corrected chi connectivity index (χ0v) is 7.69. The second-order valence-corrected chi connectivity index (χ2v) is 3.01. The molecule has 0 aromatic carbocycles. The molecule has 1 heterocycles. The van der Waals surface area contributed by atoms with Gasteiger partial charge in [-0.05, 0) is 6.26 Å². The summed E-state index contributed by atoms with van der Waals surface area (Å²) < 4.78 is 0. The van der Waals surface area contributed by atoms with Gasteiger partial charge in [-0.15, -0.1) is 11.8 Å². The van der Waals surface area contributed by atoms with Gasteiger partial charge in [0.15, 0.2) is 0 Å². The molecule has 0 saturated carbocycles. The average Bonchev–Trinajstić information content (AvgIpc) is 2.03. The highest BCUT2D eigenvalue weighted by molar-refractivity contribution is 7.98. The first-order valence-corrected chi connectivity index (χ1v) is 4.55. The van der Waals surface area contributed by atoms with Crippen LogP contribution in [-0.2, 0) is 0 Å². The zero-order valence-electron chi connectivity index (χ0n) is 6.11. The lowest BCUT2D eigenvalue weighted by molar-refractivity contribution is 0.0692. The quantitative estimate of drug-likeness (QED) is 0.585. The van der Waals surface area contributed by atoms with E-state index in [9.17, 15) is 4.79 Å². The number of hydrogen-bond acceptors (Lipinski definition) is 4. The fourth-order valence-corrected chi connectivity index (χ4v) is 1.49. The number of thioether (sulfide) groups is 1. The minimum atomic E-state index is -1.11. The van der Waals surface area contributed by atoms with Gasteiger partial charge in [-0.2, -0.15) is 0 Å². The van der Waals surface area contributed by atoms with Crippen LogP contribution >= 0.6 is 23.4 Å². The maximum Gasteiger partial charge on any atom is 0.341 e. The molecule has 0 fully saturated rings. The number of nitrogens with zero attached hydrogens (tertiary/aromatic N) is 2. The van der Waals surface area contributed by atoms with E-state index >= 15 is 0 Å². The average molecular weight is 205 g/mol. The fraction of sp³-hybridized carbons (Fsp3) is 0.167. The maximum absolute atomic E-state index is 10.6. The van der Waals surface area contributed by atoms with E-state index < -0.39 is 5.97 Å². The highest BCUT2D eigenvalue weighted by atomic mass is 35.5. The molecular weight excluding hydrogens is 200 g/mol. The molecule has 64 valence electrons. The predicted molar refractivity (Wildman–Crippen MR) is 45.8 cm³/mol. The summed E-state index contributed by atoms with van der Waals surface area (Å²) in [6.45, 7) is 0. The molecule has 12 heavy (non-hydrogen) atoms. The van der Waals surface area contributed by atoms with E-state index in [4.69, 9.17) is 16.7 Å². The maximum atomic E-state index is 10.6. The van der Waals surface area contributed by atoms with Crippen LogP contribution in [0.3, 0.4) is 0 Å². The molecule has 1 N–H and O–H groups in total. The largest absolute Gasteiger partial charge is 0.477 e. The highest BCUT2D eigenvalue weighted by Gasteiger charge is 2.15. The van der Waals surface area contributed by atoms with Gasteiger partial charge in [0.2, 0.25) is 0 Å². The van der Waals surface area contributed by atoms with E-state index in [0.717, 1.165) is 0 Å². The van der Waals surface area contributed by atoms with Crippen LogP contribution in [0.2, 0.25) is 5.15 Å². The lowest BCUT2D eigenvalue weighted by Gasteiger charge is -2.01. The number of aromatic carboxylic acids is 1. The second-order valence-electron chi connectivity index (χ2n) is 1.85. The number of aromatic nitrogens is 2. The van der Waals surface area contributed by atoms with Crippen molar-refractivity contribution in [3.63, 3.8) is 0 Å². The number of carboxylic acid groups (broad SMARTS) is 1. The summed E-state index contributed by atoms with van der Waals surface area (Å²) >= 11 is 6.78. The normalized spacial score (nSPS) is 9.83. The Labute approximate surface area is 78.0 Å². The molecule has 0 aliphatic rings.